The minimum atomic E-state index is -0.0888. The van der Waals surface area contributed by atoms with Crippen LogP contribution in [-0.4, -0.2) is 45.9 Å². The van der Waals surface area contributed by atoms with E-state index in [2.05, 4.69) is 16.4 Å². The van der Waals surface area contributed by atoms with Gasteiger partial charge in [-0.15, -0.1) is 0 Å². The van der Waals surface area contributed by atoms with Crippen LogP contribution in [-0.2, 0) is 11.3 Å². The molecule has 2 heterocycles. The first-order valence-corrected chi connectivity index (χ1v) is 11.3. The molecule has 1 unspecified atom stereocenters. The monoisotopic (exact) mass is 420 g/mol. The number of anilines is 1. The first-order valence-electron chi connectivity index (χ1n) is 11.3. The number of rotatable bonds is 5. The van der Waals surface area contributed by atoms with Crippen LogP contribution in [0.4, 0.5) is 10.5 Å². The average Bonchev–Trinajstić information content (AvgIpc) is 2.73. The Hall–Kier alpha value is -2.89. The summed E-state index contributed by atoms with van der Waals surface area (Å²) in [5.74, 6) is 0.368. The molecular weight excluding hydrogens is 388 g/mol. The van der Waals surface area contributed by atoms with E-state index in [0.29, 0.717) is 19.6 Å². The molecule has 1 aliphatic carbocycles. The van der Waals surface area contributed by atoms with Crippen molar-refractivity contribution in [3.8, 4) is 0 Å². The summed E-state index contributed by atoms with van der Waals surface area (Å²) in [6.45, 7) is 5.89. The van der Waals surface area contributed by atoms with Gasteiger partial charge in [0.25, 0.3) is 0 Å². The second kappa shape index (κ2) is 9.50. The van der Waals surface area contributed by atoms with E-state index in [-0.39, 0.29) is 23.9 Å². The summed E-state index contributed by atoms with van der Waals surface area (Å²) in [6, 6.07) is 9.91. The number of aryl methyl sites for hydroxylation is 2. The third-order valence-corrected chi connectivity index (χ3v) is 6.56. The van der Waals surface area contributed by atoms with Crippen molar-refractivity contribution in [2.24, 2.45) is 5.92 Å². The molecule has 2 aliphatic rings. The molecule has 4 rings (SSSR count). The van der Waals surface area contributed by atoms with Crippen LogP contribution in [0.25, 0.3) is 0 Å². The highest BCUT2D eigenvalue weighted by molar-refractivity contribution is 5.90. The lowest BCUT2D eigenvalue weighted by atomic mass is 9.83. The molecule has 2 fully saturated rings. The number of hydrogen-bond donors (Lipinski definition) is 1. The summed E-state index contributed by atoms with van der Waals surface area (Å²) in [6.07, 6.45) is 8.48. The van der Waals surface area contributed by atoms with Gasteiger partial charge in [0.2, 0.25) is 5.91 Å². The van der Waals surface area contributed by atoms with Gasteiger partial charge in [0.1, 0.15) is 0 Å². The summed E-state index contributed by atoms with van der Waals surface area (Å²) in [7, 11) is 0. The molecule has 0 radical (unpaired) electrons. The number of piperidine rings is 1. The number of pyridine rings is 1. The van der Waals surface area contributed by atoms with Gasteiger partial charge in [-0.25, -0.2) is 4.79 Å². The van der Waals surface area contributed by atoms with E-state index in [9.17, 15) is 9.59 Å². The SMILES string of the molecule is Cc1ccc(NC(=O)N2CCCC(N(Cc3cccnc3)C(=O)C3CCC3)C2)c(C)c1. The number of aromatic nitrogens is 1. The van der Waals surface area contributed by atoms with Gasteiger partial charge < -0.3 is 15.1 Å². The fourth-order valence-electron chi connectivity index (χ4n) is 4.51. The van der Waals surface area contributed by atoms with Crippen molar-refractivity contribution in [3.63, 3.8) is 0 Å². The Labute approximate surface area is 184 Å². The number of nitrogens with one attached hydrogen (secondary N) is 1. The molecule has 31 heavy (non-hydrogen) atoms. The molecule has 6 nitrogen and oxygen atoms in total. The van der Waals surface area contributed by atoms with E-state index in [1.807, 2.05) is 54.1 Å². The van der Waals surface area contributed by atoms with Crippen LogP contribution in [0.2, 0.25) is 0 Å². The number of carbonyl (C=O) groups excluding carboxylic acids is 2. The maximum Gasteiger partial charge on any atom is 0.321 e. The van der Waals surface area contributed by atoms with Crippen LogP contribution in [0.1, 0.15) is 48.8 Å². The Bertz CT molecular complexity index is 926. The number of carbonyl (C=O) groups is 2. The molecule has 6 heteroatoms. The molecule has 2 aromatic rings. The molecule has 1 saturated carbocycles. The lowest BCUT2D eigenvalue weighted by Crippen LogP contribution is -2.54. The Morgan fingerprint density at radius 2 is 2.00 bits per heavy atom. The van der Waals surface area contributed by atoms with Crippen LogP contribution in [0.15, 0.2) is 42.7 Å². The highest BCUT2D eigenvalue weighted by atomic mass is 16.2. The molecule has 164 valence electrons. The van der Waals surface area contributed by atoms with E-state index in [1.165, 1.54) is 5.56 Å². The molecule has 0 spiro atoms. The Morgan fingerprint density at radius 3 is 2.68 bits per heavy atom. The molecule has 1 atom stereocenters. The number of amides is 3. The highest BCUT2D eigenvalue weighted by Gasteiger charge is 2.36. The molecular formula is C25H32N4O2. The predicted octanol–water partition coefficient (Wildman–Crippen LogP) is 4.52. The van der Waals surface area contributed by atoms with E-state index in [4.69, 9.17) is 0 Å². The smallest absolute Gasteiger partial charge is 0.321 e. The number of likely N-dealkylation sites (tertiary alicyclic amines) is 1. The van der Waals surface area contributed by atoms with Crippen molar-refractivity contribution in [1.82, 2.24) is 14.8 Å². The zero-order valence-corrected chi connectivity index (χ0v) is 18.5. The summed E-state index contributed by atoms with van der Waals surface area (Å²) in [4.78, 5) is 34.3. The molecule has 1 aliphatic heterocycles. The topological polar surface area (TPSA) is 65.5 Å². The number of nitrogens with zero attached hydrogens (tertiary/aromatic N) is 3. The van der Waals surface area contributed by atoms with Crippen LogP contribution in [0.5, 0.6) is 0 Å². The van der Waals surface area contributed by atoms with Gasteiger partial charge in [-0.1, -0.05) is 30.2 Å². The average molecular weight is 421 g/mol. The zero-order chi connectivity index (χ0) is 21.8. The van der Waals surface area contributed by atoms with E-state index in [0.717, 1.165) is 48.9 Å². The van der Waals surface area contributed by atoms with Gasteiger partial charge in [-0.2, -0.15) is 0 Å². The van der Waals surface area contributed by atoms with Gasteiger partial charge in [0.05, 0.1) is 0 Å². The molecule has 1 saturated heterocycles. The van der Waals surface area contributed by atoms with Crippen molar-refractivity contribution >= 4 is 17.6 Å². The van der Waals surface area contributed by atoms with Crippen LogP contribution >= 0.6 is 0 Å². The summed E-state index contributed by atoms with van der Waals surface area (Å²) < 4.78 is 0. The van der Waals surface area contributed by atoms with E-state index >= 15 is 0 Å². The summed E-state index contributed by atoms with van der Waals surface area (Å²) >= 11 is 0. The molecule has 1 N–H and O–H groups in total. The number of benzene rings is 1. The van der Waals surface area contributed by atoms with Crippen molar-refractivity contribution < 1.29 is 9.59 Å². The van der Waals surface area contributed by atoms with E-state index in [1.54, 1.807) is 6.20 Å². The standard InChI is InChI=1S/C25H32N4O2/c1-18-10-11-23(19(2)14-18)27-25(31)28-13-5-9-22(17-28)29(24(30)21-7-3-8-21)16-20-6-4-12-26-15-20/h4,6,10-12,14-15,21-22H,3,5,7-9,13,16-17H2,1-2H3,(H,27,31). The predicted molar refractivity (Wildman–Crippen MR) is 122 cm³/mol. The fraction of sp³-hybridized carbons (Fsp3) is 0.480. The van der Waals surface area contributed by atoms with Crippen molar-refractivity contribution in [3.05, 3.63) is 59.4 Å². The maximum atomic E-state index is 13.3. The van der Waals surface area contributed by atoms with Crippen LogP contribution < -0.4 is 5.32 Å². The highest BCUT2D eigenvalue weighted by Crippen LogP contribution is 2.31. The molecule has 3 amide bonds. The van der Waals surface area contributed by atoms with Crippen molar-refractivity contribution in [1.29, 1.82) is 0 Å². The Morgan fingerprint density at radius 1 is 1.16 bits per heavy atom. The number of urea groups is 1. The van der Waals surface area contributed by atoms with Gasteiger partial charge in [0.15, 0.2) is 0 Å². The van der Waals surface area contributed by atoms with Crippen molar-refractivity contribution in [2.45, 2.75) is 58.5 Å². The van der Waals surface area contributed by atoms with Crippen molar-refractivity contribution in [2.75, 3.05) is 18.4 Å². The lowest BCUT2D eigenvalue weighted by molar-refractivity contribution is -0.142. The quantitative estimate of drug-likeness (QED) is 0.773. The Kier molecular flexibility index (Phi) is 6.54. The zero-order valence-electron chi connectivity index (χ0n) is 18.5. The van der Waals surface area contributed by atoms with E-state index < -0.39 is 0 Å². The molecule has 1 aromatic heterocycles. The largest absolute Gasteiger partial charge is 0.333 e. The minimum absolute atomic E-state index is 0.0342. The first-order chi connectivity index (χ1) is 15.0. The normalized spacial score (nSPS) is 18.9. The minimum Gasteiger partial charge on any atom is -0.333 e. The third-order valence-electron chi connectivity index (χ3n) is 6.56. The van der Waals surface area contributed by atoms with Gasteiger partial charge >= 0.3 is 6.03 Å². The Balaban J connectivity index is 1.47. The van der Waals surface area contributed by atoms with Crippen LogP contribution in [0, 0.1) is 19.8 Å². The summed E-state index contributed by atoms with van der Waals surface area (Å²) in [5, 5.41) is 3.06. The number of hydrogen-bond acceptors (Lipinski definition) is 3. The third kappa shape index (κ3) is 5.06. The van der Waals surface area contributed by atoms with Gasteiger partial charge in [0, 0.05) is 49.7 Å². The second-order valence-corrected chi connectivity index (χ2v) is 8.95. The molecule has 1 aromatic carbocycles. The maximum absolute atomic E-state index is 13.3. The van der Waals surface area contributed by atoms with Gasteiger partial charge in [-0.05, 0) is 62.8 Å². The first kappa shape index (κ1) is 21.3. The van der Waals surface area contributed by atoms with Gasteiger partial charge in [-0.3, -0.25) is 9.78 Å². The molecule has 0 bridgehead atoms. The summed E-state index contributed by atoms with van der Waals surface area (Å²) in [5.41, 5.74) is 4.11. The van der Waals surface area contributed by atoms with Crippen LogP contribution in [0.3, 0.4) is 0 Å². The lowest BCUT2D eigenvalue weighted by Gasteiger charge is -2.42. The fourth-order valence-corrected chi connectivity index (χ4v) is 4.51. The second-order valence-electron chi connectivity index (χ2n) is 8.95.